The van der Waals surface area contributed by atoms with Gasteiger partial charge in [-0.05, 0) is 31.2 Å². The predicted octanol–water partition coefficient (Wildman–Crippen LogP) is 1.76. The van der Waals surface area contributed by atoms with Crippen molar-refractivity contribution in [1.29, 1.82) is 0 Å². The van der Waals surface area contributed by atoms with Crippen LogP contribution in [0, 0.1) is 17.0 Å². The van der Waals surface area contributed by atoms with E-state index >= 15 is 0 Å². The van der Waals surface area contributed by atoms with Crippen molar-refractivity contribution < 1.29 is 9.66 Å². The molecule has 0 aliphatic heterocycles. The van der Waals surface area contributed by atoms with Gasteiger partial charge in [0.1, 0.15) is 11.4 Å². The van der Waals surface area contributed by atoms with Gasteiger partial charge >= 0.3 is 5.69 Å². The van der Waals surface area contributed by atoms with Gasteiger partial charge in [-0.15, -0.1) is 0 Å². The number of hydrogen-bond acceptors (Lipinski definition) is 8. The largest absolute Gasteiger partial charge is 0.497 e. The Morgan fingerprint density at radius 3 is 2.45 bits per heavy atom. The predicted molar refractivity (Wildman–Crippen MR) is 82.3 cm³/mol. The highest BCUT2D eigenvalue weighted by molar-refractivity contribution is 5.68. The van der Waals surface area contributed by atoms with Crippen molar-refractivity contribution in [2.45, 2.75) is 6.92 Å². The molecule has 0 atom stereocenters. The quantitative estimate of drug-likeness (QED) is 0.487. The summed E-state index contributed by atoms with van der Waals surface area (Å²) < 4.78 is 5.07. The number of rotatable bonds is 5. The van der Waals surface area contributed by atoms with Gasteiger partial charge in [-0.1, -0.05) is 0 Å². The number of nitrogens with one attached hydrogen (secondary N) is 1. The number of nitrogens with two attached hydrogens (primary N) is 1. The van der Waals surface area contributed by atoms with Crippen molar-refractivity contribution in [3.05, 3.63) is 40.1 Å². The molecule has 0 radical (unpaired) electrons. The number of benzene rings is 1. The Kier molecular flexibility index (Phi) is 4.37. The fourth-order valence-corrected chi connectivity index (χ4v) is 1.83. The van der Waals surface area contributed by atoms with E-state index in [2.05, 4.69) is 15.3 Å². The summed E-state index contributed by atoms with van der Waals surface area (Å²) in [7, 11) is 3.11. The van der Waals surface area contributed by atoms with Crippen LogP contribution in [0.5, 0.6) is 5.75 Å². The molecule has 0 aliphatic carbocycles. The molecule has 1 aromatic heterocycles. The van der Waals surface area contributed by atoms with E-state index in [1.807, 2.05) is 0 Å². The van der Waals surface area contributed by atoms with Crippen LogP contribution >= 0.6 is 0 Å². The minimum atomic E-state index is -0.526. The summed E-state index contributed by atoms with van der Waals surface area (Å²) >= 11 is 0. The second-order valence-electron chi connectivity index (χ2n) is 4.53. The molecule has 9 heteroatoms. The summed E-state index contributed by atoms with van der Waals surface area (Å²) in [4.78, 5) is 18.8. The van der Waals surface area contributed by atoms with Crippen LogP contribution in [0.2, 0.25) is 0 Å². The van der Waals surface area contributed by atoms with Crippen molar-refractivity contribution in [2.24, 2.45) is 5.84 Å². The summed E-state index contributed by atoms with van der Waals surface area (Å²) in [5.74, 6) is 6.54. The molecular weight excluding hydrogens is 288 g/mol. The highest BCUT2D eigenvalue weighted by Gasteiger charge is 2.23. The number of hydrazine groups is 1. The highest BCUT2D eigenvalue weighted by Crippen LogP contribution is 2.30. The molecule has 0 saturated heterocycles. The van der Waals surface area contributed by atoms with Gasteiger partial charge in [0.05, 0.1) is 12.0 Å². The van der Waals surface area contributed by atoms with Gasteiger partial charge in [0.15, 0.2) is 0 Å². The van der Waals surface area contributed by atoms with E-state index in [0.717, 1.165) is 0 Å². The van der Waals surface area contributed by atoms with E-state index in [-0.39, 0.29) is 23.1 Å². The minimum absolute atomic E-state index is 0.0787. The zero-order valence-corrected chi connectivity index (χ0v) is 12.4. The molecule has 1 aromatic carbocycles. The molecule has 9 nitrogen and oxygen atoms in total. The zero-order chi connectivity index (χ0) is 16.3. The molecule has 0 fully saturated rings. The number of hydrogen-bond donors (Lipinski definition) is 2. The lowest BCUT2D eigenvalue weighted by atomic mass is 10.3. The lowest BCUT2D eigenvalue weighted by Crippen LogP contribution is -2.28. The number of aromatic nitrogens is 2. The number of nitro groups is 1. The lowest BCUT2D eigenvalue weighted by molar-refractivity contribution is -0.385. The van der Waals surface area contributed by atoms with E-state index in [1.54, 1.807) is 38.4 Å². The number of aryl methyl sites for hydroxylation is 1. The van der Waals surface area contributed by atoms with Gasteiger partial charge in [-0.25, -0.2) is 10.8 Å². The minimum Gasteiger partial charge on any atom is -0.497 e. The van der Waals surface area contributed by atoms with Crippen LogP contribution in [0.1, 0.15) is 5.69 Å². The fraction of sp³-hybridized carbons (Fsp3) is 0.231. The van der Waals surface area contributed by atoms with Crippen LogP contribution in [0.25, 0.3) is 0 Å². The molecule has 116 valence electrons. The molecule has 1 heterocycles. The summed E-state index contributed by atoms with van der Waals surface area (Å²) in [5.41, 5.74) is 0.664. The summed E-state index contributed by atoms with van der Waals surface area (Å²) in [6.45, 7) is 1.53. The van der Waals surface area contributed by atoms with Crippen LogP contribution < -0.4 is 20.9 Å². The Morgan fingerprint density at radius 2 is 1.95 bits per heavy atom. The van der Waals surface area contributed by atoms with E-state index < -0.39 is 4.92 Å². The smallest absolute Gasteiger partial charge is 0.332 e. The number of methoxy groups -OCH3 is 1. The number of nitrogens with zero attached hydrogens (tertiary/aromatic N) is 4. The molecule has 0 unspecified atom stereocenters. The van der Waals surface area contributed by atoms with Crippen molar-refractivity contribution in [3.63, 3.8) is 0 Å². The van der Waals surface area contributed by atoms with Gasteiger partial charge in [-0.3, -0.25) is 15.1 Å². The molecule has 0 aliphatic rings. The third-order valence-electron chi connectivity index (χ3n) is 2.90. The molecule has 2 aromatic rings. The summed E-state index contributed by atoms with van der Waals surface area (Å²) in [5, 5.41) is 15.3. The maximum absolute atomic E-state index is 11.2. The van der Waals surface area contributed by atoms with Crippen LogP contribution in [-0.4, -0.2) is 29.0 Å². The Hall–Kier alpha value is -2.94. The second kappa shape index (κ2) is 6.22. The van der Waals surface area contributed by atoms with E-state index in [9.17, 15) is 10.1 Å². The molecule has 0 bridgehead atoms. The average Bonchev–Trinajstić information content (AvgIpc) is 2.47. The van der Waals surface area contributed by atoms with Gasteiger partial charge in [0, 0.05) is 12.7 Å². The standard InChI is InChI=1S/C13H16N6O3/c1-8-11(19(20)21)12(17-13(15-8)18(2)14)16-9-4-6-10(22-3)7-5-9/h4-7H,14H2,1-3H3,(H,15,16,17). The van der Waals surface area contributed by atoms with Gasteiger partial charge in [-0.2, -0.15) is 4.98 Å². The molecule has 2 rings (SSSR count). The Morgan fingerprint density at radius 1 is 1.32 bits per heavy atom. The van der Waals surface area contributed by atoms with Gasteiger partial charge < -0.3 is 10.1 Å². The lowest BCUT2D eigenvalue weighted by Gasteiger charge is -2.13. The van der Waals surface area contributed by atoms with Crippen molar-refractivity contribution in [1.82, 2.24) is 9.97 Å². The Labute approximate surface area is 126 Å². The highest BCUT2D eigenvalue weighted by atomic mass is 16.6. The topological polar surface area (TPSA) is 119 Å². The molecule has 0 amide bonds. The number of ether oxygens (including phenoxy) is 1. The summed E-state index contributed by atoms with van der Waals surface area (Å²) in [6, 6.07) is 6.92. The van der Waals surface area contributed by atoms with Gasteiger partial charge in [0.25, 0.3) is 0 Å². The Bertz CT molecular complexity index is 687. The Balaban J connectivity index is 2.44. The summed E-state index contributed by atoms with van der Waals surface area (Å²) in [6.07, 6.45) is 0. The van der Waals surface area contributed by atoms with Gasteiger partial charge in [0.2, 0.25) is 11.8 Å². The molecular formula is C13H16N6O3. The maximum atomic E-state index is 11.2. The fourth-order valence-electron chi connectivity index (χ4n) is 1.83. The first kappa shape index (κ1) is 15.4. The van der Waals surface area contributed by atoms with E-state index in [4.69, 9.17) is 10.6 Å². The second-order valence-corrected chi connectivity index (χ2v) is 4.53. The van der Waals surface area contributed by atoms with Crippen LogP contribution in [0.3, 0.4) is 0 Å². The van der Waals surface area contributed by atoms with Crippen molar-refractivity contribution >= 4 is 23.1 Å². The number of anilines is 3. The zero-order valence-electron chi connectivity index (χ0n) is 12.4. The molecule has 0 spiro atoms. The average molecular weight is 304 g/mol. The van der Waals surface area contributed by atoms with Crippen molar-refractivity contribution in [2.75, 3.05) is 24.5 Å². The van der Waals surface area contributed by atoms with Crippen LogP contribution in [0.15, 0.2) is 24.3 Å². The van der Waals surface area contributed by atoms with E-state index in [0.29, 0.717) is 11.4 Å². The monoisotopic (exact) mass is 304 g/mol. The van der Waals surface area contributed by atoms with Crippen LogP contribution in [-0.2, 0) is 0 Å². The molecule has 0 saturated carbocycles. The molecule has 22 heavy (non-hydrogen) atoms. The molecule has 3 N–H and O–H groups in total. The van der Waals surface area contributed by atoms with Crippen LogP contribution in [0.4, 0.5) is 23.1 Å². The van der Waals surface area contributed by atoms with E-state index in [1.165, 1.54) is 11.9 Å². The third-order valence-corrected chi connectivity index (χ3v) is 2.90. The first-order valence-corrected chi connectivity index (χ1v) is 6.35. The normalized spacial score (nSPS) is 10.2. The first-order chi connectivity index (χ1) is 10.4. The van der Waals surface area contributed by atoms with Crippen molar-refractivity contribution in [3.8, 4) is 5.75 Å². The maximum Gasteiger partial charge on any atom is 0.332 e. The SMILES string of the molecule is COc1ccc(Nc2nc(N(C)N)nc(C)c2[N+](=O)[O-])cc1. The first-order valence-electron chi connectivity index (χ1n) is 6.35. The third kappa shape index (κ3) is 3.20.